The van der Waals surface area contributed by atoms with Gasteiger partial charge < -0.3 is 10.1 Å². The molecule has 2 atom stereocenters. The molecule has 0 spiro atoms. The average Bonchev–Trinajstić information content (AvgIpc) is 2.54. The number of nitrogens with one attached hydrogen (secondary N) is 1. The van der Waals surface area contributed by atoms with Crippen LogP contribution in [0.5, 0.6) is 0 Å². The number of nitrogens with zero attached hydrogens (tertiary/aromatic N) is 2. The summed E-state index contributed by atoms with van der Waals surface area (Å²) in [6.07, 6.45) is 2.05. The fourth-order valence-electron chi connectivity index (χ4n) is 1.94. The van der Waals surface area contributed by atoms with E-state index < -0.39 is 0 Å². The Kier molecular flexibility index (Phi) is 5.43. The predicted molar refractivity (Wildman–Crippen MR) is 70.6 cm³/mol. The van der Waals surface area contributed by atoms with E-state index in [-0.39, 0.29) is 6.10 Å². The van der Waals surface area contributed by atoms with Gasteiger partial charge in [0.2, 0.25) is 0 Å². The summed E-state index contributed by atoms with van der Waals surface area (Å²) in [6.45, 7) is 4.00. The zero-order valence-electron chi connectivity index (χ0n) is 11.2. The molecule has 0 fully saturated rings. The maximum Gasteiger partial charge on any atom is 0.0847 e. The van der Waals surface area contributed by atoms with Crippen molar-refractivity contribution >= 4 is 11.6 Å². The third kappa shape index (κ3) is 3.69. The quantitative estimate of drug-likeness (QED) is 0.849. The second kappa shape index (κ2) is 6.38. The van der Waals surface area contributed by atoms with Crippen molar-refractivity contribution in [3.63, 3.8) is 0 Å². The Labute approximate surface area is 108 Å². The van der Waals surface area contributed by atoms with Crippen LogP contribution >= 0.6 is 11.6 Å². The topological polar surface area (TPSA) is 39.1 Å². The van der Waals surface area contributed by atoms with Gasteiger partial charge in [0.05, 0.1) is 22.5 Å². The van der Waals surface area contributed by atoms with Gasteiger partial charge in [0.15, 0.2) is 0 Å². The van der Waals surface area contributed by atoms with E-state index in [1.54, 1.807) is 7.11 Å². The summed E-state index contributed by atoms with van der Waals surface area (Å²) >= 11 is 6.24. The third-order valence-electron chi connectivity index (χ3n) is 3.13. The summed E-state index contributed by atoms with van der Waals surface area (Å²) in [7, 11) is 5.63. The van der Waals surface area contributed by atoms with Gasteiger partial charge in [0.1, 0.15) is 0 Å². The molecule has 0 saturated heterocycles. The van der Waals surface area contributed by atoms with Gasteiger partial charge in [0.25, 0.3) is 0 Å². The number of hydrogen-bond donors (Lipinski definition) is 1. The predicted octanol–water partition coefficient (Wildman–Crippen LogP) is 1.94. The van der Waals surface area contributed by atoms with Gasteiger partial charge in [-0.05, 0) is 27.3 Å². The van der Waals surface area contributed by atoms with Crippen LogP contribution in [-0.4, -0.2) is 36.1 Å². The van der Waals surface area contributed by atoms with Crippen LogP contribution in [0.4, 0.5) is 0 Å². The molecule has 2 unspecified atom stereocenters. The Bertz CT molecular complexity index is 365. The molecule has 17 heavy (non-hydrogen) atoms. The van der Waals surface area contributed by atoms with E-state index in [2.05, 4.69) is 17.3 Å². The Morgan fingerprint density at radius 2 is 2.18 bits per heavy atom. The minimum atomic E-state index is 0.237. The lowest BCUT2D eigenvalue weighted by Crippen LogP contribution is -2.32. The zero-order chi connectivity index (χ0) is 13.0. The smallest absolute Gasteiger partial charge is 0.0847 e. The summed E-state index contributed by atoms with van der Waals surface area (Å²) in [5.74, 6) is 0. The lowest BCUT2D eigenvalue weighted by Gasteiger charge is -2.20. The molecule has 5 heteroatoms. The number of hydrogen-bond acceptors (Lipinski definition) is 3. The molecule has 1 heterocycles. The molecule has 98 valence electrons. The van der Waals surface area contributed by atoms with Crippen molar-refractivity contribution in [1.29, 1.82) is 0 Å². The van der Waals surface area contributed by atoms with Crippen LogP contribution in [0.25, 0.3) is 0 Å². The molecule has 1 N–H and O–H groups in total. The maximum atomic E-state index is 6.24. The zero-order valence-corrected chi connectivity index (χ0v) is 12.0. The molecule has 4 nitrogen and oxygen atoms in total. The molecule has 1 rings (SSSR count). The Hall–Kier alpha value is -0.580. The molecule has 0 aliphatic rings. The van der Waals surface area contributed by atoms with Crippen molar-refractivity contribution in [3.05, 3.63) is 16.4 Å². The lowest BCUT2D eigenvalue weighted by atomic mass is 10.0. The van der Waals surface area contributed by atoms with Crippen molar-refractivity contribution < 1.29 is 4.74 Å². The van der Waals surface area contributed by atoms with Gasteiger partial charge in [0, 0.05) is 26.6 Å². The summed E-state index contributed by atoms with van der Waals surface area (Å²) in [6, 6.07) is 0.345. The molecule has 0 aromatic carbocycles. The molecule has 0 amide bonds. The molecular formula is C12H22ClN3O. The summed E-state index contributed by atoms with van der Waals surface area (Å²) < 4.78 is 7.15. The Balaban J connectivity index is 2.73. The SMILES string of the molecule is CNC(Cc1c(Cl)c(C)nn1C)CC(C)OC. The van der Waals surface area contributed by atoms with Gasteiger partial charge in [-0.3, -0.25) is 4.68 Å². The average molecular weight is 260 g/mol. The largest absolute Gasteiger partial charge is 0.382 e. The Morgan fingerprint density at radius 1 is 1.53 bits per heavy atom. The van der Waals surface area contributed by atoms with Crippen LogP contribution in [0.15, 0.2) is 0 Å². The molecule has 0 bridgehead atoms. The third-order valence-corrected chi connectivity index (χ3v) is 3.62. The fraction of sp³-hybridized carbons (Fsp3) is 0.750. The van der Waals surface area contributed by atoms with Gasteiger partial charge in [-0.25, -0.2) is 0 Å². The van der Waals surface area contributed by atoms with Crippen LogP contribution < -0.4 is 5.32 Å². The highest BCUT2D eigenvalue weighted by Gasteiger charge is 2.17. The van der Waals surface area contributed by atoms with Crippen LogP contribution in [0.1, 0.15) is 24.7 Å². The molecule has 0 saturated carbocycles. The first kappa shape index (κ1) is 14.5. The molecule has 0 aliphatic carbocycles. The first-order valence-corrected chi connectivity index (χ1v) is 6.25. The van der Waals surface area contributed by atoms with E-state index in [4.69, 9.17) is 16.3 Å². The van der Waals surface area contributed by atoms with E-state index in [0.717, 1.165) is 29.3 Å². The van der Waals surface area contributed by atoms with Gasteiger partial charge >= 0.3 is 0 Å². The number of halogens is 1. The highest BCUT2D eigenvalue weighted by molar-refractivity contribution is 6.31. The first-order chi connectivity index (χ1) is 7.99. The summed E-state index contributed by atoms with van der Waals surface area (Å²) in [5, 5.41) is 8.40. The maximum absolute atomic E-state index is 6.24. The minimum Gasteiger partial charge on any atom is -0.382 e. The first-order valence-electron chi connectivity index (χ1n) is 5.87. The van der Waals surface area contributed by atoms with Gasteiger partial charge in [-0.15, -0.1) is 0 Å². The second-order valence-electron chi connectivity index (χ2n) is 4.44. The standard InChI is InChI=1S/C12H22ClN3O/c1-8(17-5)6-10(14-3)7-11-12(13)9(2)15-16(11)4/h8,10,14H,6-7H2,1-5H3. The highest BCUT2D eigenvalue weighted by atomic mass is 35.5. The number of ether oxygens (including phenoxy) is 1. The summed E-state index contributed by atoms with van der Waals surface area (Å²) in [5.41, 5.74) is 1.96. The number of likely N-dealkylation sites (N-methyl/N-ethyl adjacent to an activating group) is 1. The minimum absolute atomic E-state index is 0.237. The number of aromatic nitrogens is 2. The van der Waals surface area contributed by atoms with E-state index in [9.17, 15) is 0 Å². The van der Waals surface area contributed by atoms with Gasteiger partial charge in [-0.2, -0.15) is 5.10 Å². The van der Waals surface area contributed by atoms with E-state index in [1.807, 2.05) is 25.7 Å². The van der Waals surface area contributed by atoms with Gasteiger partial charge in [-0.1, -0.05) is 11.6 Å². The van der Waals surface area contributed by atoms with Crippen molar-refractivity contribution in [1.82, 2.24) is 15.1 Å². The molecule has 0 radical (unpaired) electrons. The fourth-order valence-corrected chi connectivity index (χ4v) is 2.17. The number of aryl methyl sites for hydroxylation is 2. The molecule has 1 aromatic rings. The van der Waals surface area contributed by atoms with Crippen LogP contribution in [0, 0.1) is 6.92 Å². The van der Waals surface area contributed by atoms with Crippen molar-refractivity contribution in [2.75, 3.05) is 14.2 Å². The lowest BCUT2D eigenvalue weighted by molar-refractivity contribution is 0.101. The monoisotopic (exact) mass is 259 g/mol. The highest BCUT2D eigenvalue weighted by Crippen LogP contribution is 2.21. The van der Waals surface area contributed by atoms with Crippen molar-refractivity contribution in [3.8, 4) is 0 Å². The molecule has 0 aliphatic heterocycles. The molecule has 1 aromatic heterocycles. The van der Waals surface area contributed by atoms with Crippen LogP contribution in [0.2, 0.25) is 5.02 Å². The van der Waals surface area contributed by atoms with Crippen LogP contribution in [-0.2, 0) is 18.2 Å². The van der Waals surface area contributed by atoms with E-state index in [1.165, 1.54) is 0 Å². The van der Waals surface area contributed by atoms with Crippen molar-refractivity contribution in [2.45, 2.75) is 38.8 Å². The Morgan fingerprint density at radius 3 is 2.59 bits per heavy atom. The molecular weight excluding hydrogens is 238 g/mol. The van der Waals surface area contributed by atoms with E-state index in [0.29, 0.717) is 6.04 Å². The van der Waals surface area contributed by atoms with Crippen molar-refractivity contribution in [2.24, 2.45) is 7.05 Å². The second-order valence-corrected chi connectivity index (χ2v) is 4.82. The number of methoxy groups -OCH3 is 1. The summed E-state index contributed by atoms with van der Waals surface area (Å²) in [4.78, 5) is 0. The number of rotatable bonds is 6. The van der Waals surface area contributed by atoms with Crippen LogP contribution in [0.3, 0.4) is 0 Å². The normalized spacial score (nSPS) is 14.9. The van der Waals surface area contributed by atoms with E-state index >= 15 is 0 Å².